The van der Waals surface area contributed by atoms with Crippen LogP contribution in [-0.4, -0.2) is 54.5 Å². The molecule has 5 atom stereocenters. The van der Waals surface area contributed by atoms with E-state index in [0.717, 1.165) is 30.7 Å². The van der Waals surface area contributed by atoms with Crippen molar-refractivity contribution in [2.45, 2.75) is 37.1 Å². The van der Waals surface area contributed by atoms with Gasteiger partial charge in [-0.15, -0.1) is 0 Å². The first-order valence-corrected chi connectivity index (χ1v) is 11.4. The van der Waals surface area contributed by atoms with Gasteiger partial charge in [0.15, 0.2) is 11.5 Å². The Kier molecular flexibility index (Phi) is 5.02. The van der Waals surface area contributed by atoms with Gasteiger partial charge < -0.3 is 18.9 Å². The van der Waals surface area contributed by atoms with Crippen LogP contribution in [-0.2, 0) is 16.0 Å². The first kappa shape index (κ1) is 21.4. The van der Waals surface area contributed by atoms with Gasteiger partial charge in [-0.3, -0.25) is 15.0 Å². The van der Waals surface area contributed by atoms with Crippen LogP contribution in [0, 0.1) is 10.1 Å². The van der Waals surface area contributed by atoms with Crippen LogP contribution in [0.5, 0.6) is 11.5 Å². The summed E-state index contributed by atoms with van der Waals surface area (Å²) in [6.45, 7) is 1.90. The number of carbonyl (C=O) groups is 1. The molecule has 2 aromatic carbocycles. The first-order valence-electron chi connectivity index (χ1n) is 11.0. The molecular formula is C24H21ClN2O7. The van der Waals surface area contributed by atoms with Gasteiger partial charge in [-0.2, -0.15) is 0 Å². The van der Waals surface area contributed by atoms with Gasteiger partial charge in [-0.1, -0.05) is 11.6 Å². The maximum absolute atomic E-state index is 13.0. The Labute approximate surface area is 199 Å². The monoisotopic (exact) mass is 484 g/mol. The van der Waals surface area contributed by atoms with E-state index in [2.05, 4.69) is 17.0 Å². The predicted molar refractivity (Wildman–Crippen MR) is 120 cm³/mol. The van der Waals surface area contributed by atoms with Gasteiger partial charge in [0.2, 0.25) is 6.79 Å². The molecule has 2 aromatic rings. The van der Waals surface area contributed by atoms with Crippen LogP contribution in [0.25, 0.3) is 0 Å². The first-order chi connectivity index (χ1) is 16.4. The highest BCUT2D eigenvalue weighted by molar-refractivity contribution is 6.33. The van der Waals surface area contributed by atoms with E-state index < -0.39 is 17.0 Å². The normalized spacial score (nSPS) is 28.1. The Balaban J connectivity index is 1.32. The van der Waals surface area contributed by atoms with Crippen LogP contribution in [0.4, 0.5) is 5.69 Å². The molecule has 1 fully saturated rings. The van der Waals surface area contributed by atoms with Gasteiger partial charge in [0.05, 0.1) is 21.6 Å². The van der Waals surface area contributed by atoms with Crippen molar-refractivity contribution in [2.24, 2.45) is 0 Å². The van der Waals surface area contributed by atoms with Crippen LogP contribution < -0.4 is 9.47 Å². The molecule has 6 rings (SSSR count). The Bertz CT molecular complexity index is 1250. The third kappa shape index (κ3) is 3.34. The number of fused-ring (bicyclic) bond motifs is 8. The Morgan fingerprint density at radius 1 is 1.24 bits per heavy atom. The molecule has 176 valence electrons. The maximum Gasteiger partial charge on any atom is 0.340 e. The molecule has 2 bridgehead atoms. The SMILES string of the molecule is CO[C@H]1C[C@H]2C(=C[C@@H]1OC(=O)c1cc([N+](=O)[O-])ccc1Cl)[C@H]1CN2Cc2cc3c(cc21)OCO3. The summed E-state index contributed by atoms with van der Waals surface area (Å²) < 4.78 is 22.7. The number of halogens is 1. The summed E-state index contributed by atoms with van der Waals surface area (Å²) in [7, 11) is 1.59. The molecule has 0 radical (unpaired) electrons. The number of methoxy groups -OCH3 is 1. The minimum absolute atomic E-state index is 0.0433. The maximum atomic E-state index is 13.0. The van der Waals surface area contributed by atoms with Crippen LogP contribution >= 0.6 is 11.6 Å². The third-order valence-electron chi connectivity index (χ3n) is 7.13. The number of hydrogen-bond acceptors (Lipinski definition) is 8. The number of benzene rings is 2. The summed E-state index contributed by atoms with van der Waals surface area (Å²) in [6, 6.07) is 8.02. The second kappa shape index (κ2) is 7.97. The van der Waals surface area contributed by atoms with Crippen LogP contribution in [0.15, 0.2) is 42.0 Å². The lowest BCUT2D eigenvalue weighted by Gasteiger charge is -2.34. The Hall–Kier alpha value is -3.14. The molecule has 3 aliphatic heterocycles. The molecule has 3 heterocycles. The number of carbonyl (C=O) groups excluding carboxylic acids is 1. The quantitative estimate of drug-likeness (QED) is 0.279. The van der Waals surface area contributed by atoms with Gasteiger partial charge in [0.1, 0.15) is 6.10 Å². The molecule has 34 heavy (non-hydrogen) atoms. The molecule has 1 aliphatic carbocycles. The summed E-state index contributed by atoms with van der Waals surface area (Å²) >= 11 is 6.15. The summed E-state index contributed by atoms with van der Waals surface area (Å²) in [4.78, 5) is 25.9. The highest BCUT2D eigenvalue weighted by Gasteiger charge is 2.47. The lowest BCUT2D eigenvalue weighted by molar-refractivity contribution is -0.384. The Morgan fingerprint density at radius 3 is 2.79 bits per heavy atom. The van der Waals surface area contributed by atoms with Crippen molar-refractivity contribution in [2.75, 3.05) is 20.4 Å². The van der Waals surface area contributed by atoms with Gasteiger partial charge in [-0.05, 0) is 47.4 Å². The van der Waals surface area contributed by atoms with Gasteiger partial charge >= 0.3 is 5.97 Å². The number of nitro groups is 1. The van der Waals surface area contributed by atoms with E-state index in [9.17, 15) is 14.9 Å². The van der Waals surface area contributed by atoms with E-state index in [4.69, 9.17) is 30.5 Å². The van der Waals surface area contributed by atoms with Crippen molar-refractivity contribution in [1.29, 1.82) is 0 Å². The fourth-order valence-electron chi connectivity index (χ4n) is 5.52. The molecule has 0 amide bonds. The topological polar surface area (TPSA) is 100 Å². The fourth-order valence-corrected chi connectivity index (χ4v) is 5.71. The van der Waals surface area contributed by atoms with Gasteiger partial charge in [0.25, 0.3) is 5.69 Å². The number of hydrogen-bond donors (Lipinski definition) is 0. The van der Waals surface area contributed by atoms with Crippen molar-refractivity contribution in [3.8, 4) is 11.5 Å². The van der Waals surface area contributed by atoms with Crippen molar-refractivity contribution in [1.82, 2.24) is 4.90 Å². The van der Waals surface area contributed by atoms with E-state index in [1.54, 1.807) is 7.11 Å². The molecule has 10 heteroatoms. The van der Waals surface area contributed by atoms with E-state index in [1.165, 1.54) is 28.8 Å². The average molecular weight is 485 g/mol. The molecule has 4 aliphatic rings. The molecule has 0 saturated carbocycles. The highest BCUT2D eigenvalue weighted by atomic mass is 35.5. The second-order valence-corrected chi connectivity index (χ2v) is 9.28. The zero-order chi connectivity index (χ0) is 23.6. The van der Waals surface area contributed by atoms with Crippen molar-refractivity contribution in [3.63, 3.8) is 0 Å². The summed E-state index contributed by atoms with van der Waals surface area (Å²) in [5.74, 6) is 0.962. The molecular weight excluding hydrogens is 464 g/mol. The Morgan fingerprint density at radius 2 is 2.03 bits per heavy atom. The number of esters is 1. The highest BCUT2D eigenvalue weighted by Crippen LogP contribution is 2.50. The lowest BCUT2D eigenvalue weighted by Crippen LogP contribution is -2.42. The van der Waals surface area contributed by atoms with Crippen LogP contribution in [0.3, 0.4) is 0 Å². The number of nitro benzene ring substituents is 1. The standard InChI is InChI=1S/C24H21ClN2O7/c1-31-20-8-19-15(7-23(20)34-24(28)16-5-13(27(29)30)2-3-18(16)25)17-10-26(19)9-12-4-21-22(6-14(12)17)33-11-32-21/h2-7,17,19-20,23H,8-11H2,1H3/t17-,19-,20-,23-/m0/s1. The summed E-state index contributed by atoms with van der Waals surface area (Å²) in [5.41, 5.74) is 3.33. The molecule has 0 N–H and O–H groups in total. The summed E-state index contributed by atoms with van der Waals surface area (Å²) in [5, 5.41) is 11.2. The van der Waals surface area contributed by atoms with E-state index in [-0.39, 0.29) is 41.1 Å². The predicted octanol–water partition coefficient (Wildman–Crippen LogP) is 3.83. The van der Waals surface area contributed by atoms with E-state index in [1.807, 2.05) is 6.08 Å². The average Bonchev–Trinajstić information content (AvgIpc) is 3.39. The third-order valence-corrected chi connectivity index (χ3v) is 7.46. The van der Waals surface area contributed by atoms with Crippen LogP contribution in [0.2, 0.25) is 5.02 Å². The number of ether oxygens (including phenoxy) is 4. The fraction of sp³-hybridized carbons (Fsp3) is 0.375. The molecule has 1 saturated heterocycles. The number of non-ortho nitro benzene ring substituents is 1. The number of nitrogens with zero attached hydrogens (tertiary/aromatic N) is 2. The second-order valence-electron chi connectivity index (χ2n) is 8.87. The van der Waals surface area contributed by atoms with E-state index in [0.29, 0.717) is 6.42 Å². The zero-order valence-electron chi connectivity index (χ0n) is 18.2. The van der Waals surface area contributed by atoms with Gasteiger partial charge in [-0.25, -0.2) is 4.79 Å². The minimum Gasteiger partial charge on any atom is -0.454 e. The van der Waals surface area contributed by atoms with E-state index >= 15 is 0 Å². The van der Waals surface area contributed by atoms with Crippen molar-refractivity contribution in [3.05, 3.63) is 73.8 Å². The summed E-state index contributed by atoms with van der Waals surface area (Å²) in [6.07, 6.45) is 1.65. The minimum atomic E-state index is -0.721. The van der Waals surface area contributed by atoms with Crippen molar-refractivity contribution >= 4 is 23.3 Å². The van der Waals surface area contributed by atoms with Gasteiger partial charge in [0, 0.05) is 44.3 Å². The lowest BCUT2D eigenvalue weighted by atomic mass is 9.82. The molecule has 0 aromatic heterocycles. The molecule has 1 unspecified atom stereocenters. The zero-order valence-corrected chi connectivity index (χ0v) is 19.0. The largest absolute Gasteiger partial charge is 0.454 e. The number of rotatable bonds is 4. The van der Waals surface area contributed by atoms with Crippen LogP contribution in [0.1, 0.15) is 33.8 Å². The molecule has 0 spiro atoms. The molecule has 9 nitrogen and oxygen atoms in total. The smallest absolute Gasteiger partial charge is 0.340 e. The van der Waals surface area contributed by atoms with Crippen molar-refractivity contribution < 1.29 is 28.7 Å².